The van der Waals surface area contributed by atoms with Crippen molar-refractivity contribution in [3.05, 3.63) is 35.9 Å². The summed E-state index contributed by atoms with van der Waals surface area (Å²) in [6.45, 7) is 0. The molecule has 0 aliphatic heterocycles. The van der Waals surface area contributed by atoms with Gasteiger partial charge in [0, 0.05) is 20.5 Å². The van der Waals surface area contributed by atoms with E-state index in [-0.39, 0.29) is 6.03 Å². The third kappa shape index (κ3) is 3.73. The van der Waals surface area contributed by atoms with Crippen molar-refractivity contribution in [2.24, 2.45) is 0 Å². The Morgan fingerprint density at radius 2 is 2.00 bits per heavy atom. The molecule has 4 nitrogen and oxygen atoms in total. The van der Waals surface area contributed by atoms with Crippen LogP contribution < -0.4 is 5.32 Å². The third-order valence-corrected chi connectivity index (χ3v) is 2.13. The lowest BCUT2D eigenvalue weighted by atomic mass is 10.1. The number of hydrogen-bond acceptors (Lipinski definition) is 2. The van der Waals surface area contributed by atoms with E-state index in [2.05, 4.69) is 5.32 Å². The highest BCUT2D eigenvalue weighted by Gasteiger charge is 2.13. The average Bonchev–Trinajstić information content (AvgIpc) is 2.29. The number of carbonyl (C=O) groups excluding carboxylic acids is 2. The summed E-state index contributed by atoms with van der Waals surface area (Å²) in [6.07, 6.45) is 2.29. The summed E-state index contributed by atoms with van der Waals surface area (Å²) in [7, 11) is 3.25. The van der Waals surface area contributed by atoms with E-state index >= 15 is 0 Å². The molecule has 2 amide bonds. The molecule has 4 heteroatoms. The second-order valence-electron chi connectivity index (χ2n) is 3.70. The van der Waals surface area contributed by atoms with Crippen molar-refractivity contribution in [2.45, 2.75) is 12.5 Å². The molecule has 0 aliphatic carbocycles. The highest BCUT2D eigenvalue weighted by molar-refractivity contribution is 5.77. The number of nitrogens with zero attached hydrogens (tertiary/aromatic N) is 1. The fraction of sp³-hybridized carbons (Fsp3) is 0.333. The van der Waals surface area contributed by atoms with Crippen molar-refractivity contribution in [2.75, 3.05) is 14.1 Å². The van der Waals surface area contributed by atoms with Gasteiger partial charge in [0.1, 0.15) is 6.04 Å². The summed E-state index contributed by atoms with van der Waals surface area (Å²) in [4.78, 5) is 23.4. The smallest absolute Gasteiger partial charge is 0.317 e. The molecule has 0 spiro atoms. The van der Waals surface area contributed by atoms with Gasteiger partial charge in [-0.05, 0) is 5.56 Å². The summed E-state index contributed by atoms with van der Waals surface area (Å²) in [5.41, 5.74) is 0.995. The Morgan fingerprint density at radius 1 is 1.38 bits per heavy atom. The van der Waals surface area contributed by atoms with Crippen LogP contribution in [-0.2, 0) is 11.2 Å². The van der Waals surface area contributed by atoms with Gasteiger partial charge >= 0.3 is 6.03 Å². The van der Waals surface area contributed by atoms with Gasteiger partial charge in [0.05, 0.1) is 0 Å². The van der Waals surface area contributed by atoms with Crippen LogP contribution in [0.3, 0.4) is 0 Å². The largest absolute Gasteiger partial charge is 0.331 e. The summed E-state index contributed by atoms with van der Waals surface area (Å²) in [5.74, 6) is 0. The van der Waals surface area contributed by atoms with Crippen molar-refractivity contribution < 1.29 is 9.59 Å². The first kappa shape index (κ1) is 12.2. The van der Waals surface area contributed by atoms with Gasteiger partial charge in [0.2, 0.25) is 6.29 Å². The van der Waals surface area contributed by atoms with E-state index in [1.165, 1.54) is 4.90 Å². The van der Waals surface area contributed by atoms with Crippen molar-refractivity contribution >= 4 is 12.3 Å². The number of rotatable bonds is 4. The van der Waals surface area contributed by atoms with Crippen LogP contribution in [0, 0.1) is 0 Å². The van der Waals surface area contributed by atoms with Gasteiger partial charge < -0.3 is 10.2 Å². The SMILES string of the molecule is CN(C)C(=O)N[C@H]([C]=O)Cc1ccccc1. The first-order valence-electron chi connectivity index (χ1n) is 5.03. The molecule has 85 valence electrons. The van der Waals surface area contributed by atoms with Gasteiger partial charge in [-0.25, -0.2) is 4.79 Å². The number of amides is 2. The molecular weight excluding hydrogens is 204 g/mol. The molecule has 0 aliphatic rings. The number of nitrogens with one attached hydrogen (secondary N) is 1. The number of benzene rings is 1. The molecule has 0 saturated carbocycles. The standard InChI is InChI=1S/C12H15N2O2/c1-14(2)12(16)13-11(9-15)8-10-6-4-3-5-7-10/h3-7,11H,8H2,1-2H3,(H,13,16)/t11-/m0/s1. The van der Waals surface area contributed by atoms with Crippen molar-refractivity contribution in [3.8, 4) is 0 Å². The first-order valence-corrected chi connectivity index (χ1v) is 5.03. The van der Waals surface area contributed by atoms with Crippen LogP contribution in [0.5, 0.6) is 0 Å². The quantitative estimate of drug-likeness (QED) is 0.820. The Hall–Kier alpha value is -1.84. The van der Waals surface area contributed by atoms with E-state index < -0.39 is 6.04 Å². The van der Waals surface area contributed by atoms with Gasteiger partial charge in [-0.2, -0.15) is 0 Å². The highest BCUT2D eigenvalue weighted by atomic mass is 16.2. The molecule has 1 atom stereocenters. The van der Waals surface area contributed by atoms with E-state index in [9.17, 15) is 9.59 Å². The number of carbonyl (C=O) groups is 1. The van der Waals surface area contributed by atoms with E-state index in [0.29, 0.717) is 6.42 Å². The Labute approximate surface area is 95.3 Å². The predicted molar refractivity (Wildman–Crippen MR) is 61.8 cm³/mol. The molecule has 0 saturated heterocycles. The molecule has 1 N–H and O–H groups in total. The second-order valence-corrected chi connectivity index (χ2v) is 3.70. The molecule has 0 bridgehead atoms. The molecule has 0 aromatic heterocycles. The highest BCUT2D eigenvalue weighted by Crippen LogP contribution is 2.02. The monoisotopic (exact) mass is 219 g/mol. The minimum atomic E-state index is -0.600. The van der Waals surface area contributed by atoms with E-state index in [4.69, 9.17) is 0 Å². The predicted octanol–water partition coefficient (Wildman–Crippen LogP) is 0.979. The van der Waals surface area contributed by atoms with Crippen molar-refractivity contribution in [3.63, 3.8) is 0 Å². The zero-order valence-electron chi connectivity index (χ0n) is 9.43. The summed E-state index contributed by atoms with van der Waals surface area (Å²) >= 11 is 0. The summed E-state index contributed by atoms with van der Waals surface area (Å²) in [6, 6.07) is 8.62. The number of urea groups is 1. The molecule has 16 heavy (non-hydrogen) atoms. The lowest BCUT2D eigenvalue weighted by Crippen LogP contribution is -2.43. The minimum absolute atomic E-state index is 0.288. The third-order valence-electron chi connectivity index (χ3n) is 2.13. The zero-order valence-corrected chi connectivity index (χ0v) is 9.43. The summed E-state index contributed by atoms with van der Waals surface area (Å²) in [5, 5.41) is 2.58. The van der Waals surface area contributed by atoms with Crippen LogP contribution in [0.4, 0.5) is 4.79 Å². The molecule has 1 radical (unpaired) electrons. The average molecular weight is 219 g/mol. The fourth-order valence-electron chi connectivity index (χ4n) is 1.25. The fourth-order valence-corrected chi connectivity index (χ4v) is 1.25. The van der Waals surface area contributed by atoms with Crippen LogP contribution in [0.1, 0.15) is 5.56 Å². The Bertz CT molecular complexity index is 349. The molecule has 0 fully saturated rings. The maximum absolute atomic E-state index is 11.3. The van der Waals surface area contributed by atoms with E-state index in [1.807, 2.05) is 36.6 Å². The van der Waals surface area contributed by atoms with Gasteiger partial charge in [-0.3, -0.25) is 4.79 Å². The summed E-state index contributed by atoms with van der Waals surface area (Å²) < 4.78 is 0. The van der Waals surface area contributed by atoms with Gasteiger partial charge in [0.15, 0.2) is 0 Å². The lowest BCUT2D eigenvalue weighted by Gasteiger charge is -2.16. The van der Waals surface area contributed by atoms with Crippen LogP contribution in [0.25, 0.3) is 0 Å². The minimum Gasteiger partial charge on any atom is -0.331 e. The normalized spacial score (nSPS) is 11.6. The van der Waals surface area contributed by atoms with Crippen molar-refractivity contribution in [1.29, 1.82) is 0 Å². The molecule has 1 rings (SSSR count). The van der Waals surface area contributed by atoms with Gasteiger partial charge in [0.25, 0.3) is 0 Å². The molecule has 0 heterocycles. The van der Waals surface area contributed by atoms with Gasteiger partial charge in [-0.15, -0.1) is 0 Å². The van der Waals surface area contributed by atoms with Crippen molar-refractivity contribution in [1.82, 2.24) is 10.2 Å². The second kappa shape index (κ2) is 5.90. The van der Waals surface area contributed by atoms with Crippen LogP contribution in [-0.4, -0.2) is 37.4 Å². The number of hydrogen-bond donors (Lipinski definition) is 1. The zero-order chi connectivity index (χ0) is 12.0. The van der Waals surface area contributed by atoms with Gasteiger partial charge in [-0.1, -0.05) is 30.3 Å². The molecule has 1 aromatic carbocycles. The maximum atomic E-state index is 11.3. The maximum Gasteiger partial charge on any atom is 0.317 e. The molecule has 1 aromatic rings. The lowest BCUT2D eigenvalue weighted by molar-refractivity contribution is 0.215. The van der Waals surface area contributed by atoms with Crippen LogP contribution in [0.2, 0.25) is 0 Å². The molecule has 0 unspecified atom stereocenters. The topological polar surface area (TPSA) is 49.4 Å². The Balaban J connectivity index is 2.56. The Kier molecular flexibility index (Phi) is 4.51. The van der Waals surface area contributed by atoms with Crippen LogP contribution in [0.15, 0.2) is 30.3 Å². The van der Waals surface area contributed by atoms with E-state index in [0.717, 1.165) is 5.56 Å². The molecular formula is C12H15N2O2. The van der Waals surface area contributed by atoms with Crippen LogP contribution >= 0.6 is 0 Å². The van der Waals surface area contributed by atoms with E-state index in [1.54, 1.807) is 14.1 Å². The Morgan fingerprint density at radius 3 is 2.50 bits per heavy atom. The first-order chi connectivity index (χ1) is 7.63.